The van der Waals surface area contributed by atoms with Gasteiger partial charge in [0.25, 0.3) is 0 Å². The number of fused-ring (bicyclic) bond motifs is 1. The van der Waals surface area contributed by atoms with E-state index < -0.39 is 80.1 Å². The molecule has 16 nitrogen and oxygen atoms in total. The topological polar surface area (TPSA) is 236 Å². The van der Waals surface area contributed by atoms with E-state index in [0.29, 0.717) is 17.1 Å². The first-order chi connectivity index (χ1) is 22.1. The van der Waals surface area contributed by atoms with Crippen LogP contribution in [-0.4, -0.2) is 132 Å². The van der Waals surface area contributed by atoms with Gasteiger partial charge in [-0.2, -0.15) is 0 Å². The van der Waals surface area contributed by atoms with Gasteiger partial charge in [-0.05, 0) is 23.8 Å². The zero-order valence-corrected chi connectivity index (χ0v) is 25.0. The maximum atomic E-state index is 13.5. The number of hydrogen-bond donors (Lipinski definition) is 7. The summed E-state index contributed by atoms with van der Waals surface area (Å²) in [5.74, 6) is 0.870. The Bertz CT molecular complexity index is 1560. The Hall–Kier alpha value is -3.55. The molecule has 252 valence electrons. The lowest BCUT2D eigenvalue weighted by Gasteiger charge is -2.45. The van der Waals surface area contributed by atoms with Crippen molar-refractivity contribution in [1.82, 2.24) is 0 Å². The molecule has 2 saturated heterocycles. The van der Waals surface area contributed by atoms with Crippen molar-refractivity contribution in [3.63, 3.8) is 0 Å². The van der Waals surface area contributed by atoms with Crippen LogP contribution in [0.15, 0.2) is 45.8 Å². The second-order valence-electron chi connectivity index (χ2n) is 10.7. The van der Waals surface area contributed by atoms with E-state index in [4.69, 9.17) is 37.6 Å². The van der Waals surface area contributed by atoms with Crippen LogP contribution in [0.1, 0.15) is 0 Å². The number of hydrogen-bond acceptors (Lipinski definition) is 16. The molecule has 4 unspecified atom stereocenters. The normalized spacial score (nSPS) is 31.4. The molecule has 2 aliphatic heterocycles. The Kier molecular flexibility index (Phi) is 10.3. The number of aliphatic hydroxyl groups is 7. The lowest BCUT2D eigenvalue weighted by Crippen LogP contribution is -2.65. The highest BCUT2D eigenvalue weighted by Gasteiger charge is 2.51. The molecule has 16 heteroatoms. The Balaban J connectivity index is 1.43. The van der Waals surface area contributed by atoms with Crippen molar-refractivity contribution in [1.29, 1.82) is 0 Å². The monoisotopic (exact) mass is 652 g/mol. The molecular weight excluding hydrogens is 616 g/mol. The summed E-state index contributed by atoms with van der Waals surface area (Å²) in [6.45, 7) is -1.48. The highest BCUT2D eigenvalue weighted by atomic mass is 16.7. The average Bonchev–Trinajstić information content (AvgIpc) is 3.07. The highest BCUT2D eigenvalue weighted by Crippen LogP contribution is 2.37. The van der Waals surface area contributed by atoms with E-state index in [0.717, 1.165) is 0 Å². The van der Waals surface area contributed by atoms with E-state index in [1.54, 1.807) is 18.2 Å². The number of ether oxygens (including phenoxy) is 7. The lowest BCUT2D eigenvalue weighted by molar-refractivity contribution is -0.352. The summed E-state index contributed by atoms with van der Waals surface area (Å²) in [6, 6.07) is 7.65. The van der Waals surface area contributed by atoms with Crippen LogP contribution in [0.3, 0.4) is 0 Å². The first kappa shape index (κ1) is 33.8. The molecular formula is C30H36O16. The van der Waals surface area contributed by atoms with Crippen molar-refractivity contribution in [3.8, 4) is 34.1 Å². The summed E-state index contributed by atoms with van der Waals surface area (Å²) in [6.07, 6.45) is -15.2. The predicted octanol–water partition coefficient (Wildman–Crippen LogP) is -1.51. The van der Waals surface area contributed by atoms with E-state index in [9.17, 15) is 40.5 Å². The fourth-order valence-electron chi connectivity index (χ4n) is 5.36. The van der Waals surface area contributed by atoms with E-state index in [2.05, 4.69) is 0 Å². The molecule has 2 aromatic carbocycles. The fourth-order valence-corrected chi connectivity index (χ4v) is 5.36. The van der Waals surface area contributed by atoms with Crippen LogP contribution in [0.25, 0.3) is 22.1 Å². The molecule has 5 rings (SSSR count). The maximum absolute atomic E-state index is 13.5. The summed E-state index contributed by atoms with van der Waals surface area (Å²) in [5, 5.41) is 72.0. The largest absolute Gasteiger partial charge is 0.493 e. The maximum Gasteiger partial charge on any atom is 0.229 e. The van der Waals surface area contributed by atoms with Crippen molar-refractivity contribution in [2.45, 2.75) is 61.4 Å². The van der Waals surface area contributed by atoms with Gasteiger partial charge in [0, 0.05) is 6.07 Å². The summed E-state index contributed by atoms with van der Waals surface area (Å²) in [4.78, 5) is 13.5. The number of aliphatic hydroxyl groups excluding tert-OH is 7. The second-order valence-corrected chi connectivity index (χ2v) is 10.7. The molecule has 0 radical (unpaired) electrons. The Morgan fingerprint density at radius 2 is 1.33 bits per heavy atom. The summed E-state index contributed by atoms with van der Waals surface area (Å²) < 4.78 is 44.2. The van der Waals surface area contributed by atoms with Crippen molar-refractivity contribution in [3.05, 3.63) is 46.8 Å². The molecule has 7 N–H and O–H groups in total. The van der Waals surface area contributed by atoms with Gasteiger partial charge >= 0.3 is 0 Å². The molecule has 3 heterocycles. The third-order valence-corrected chi connectivity index (χ3v) is 7.96. The van der Waals surface area contributed by atoms with Crippen LogP contribution in [0.4, 0.5) is 0 Å². The lowest BCUT2D eigenvalue weighted by atomic mass is 9.97. The van der Waals surface area contributed by atoms with Gasteiger partial charge in [-0.1, -0.05) is 6.07 Å². The third-order valence-electron chi connectivity index (χ3n) is 7.96. The van der Waals surface area contributed by atoms with Crippen molar-refractivity contribution >= 4 is 11.0 Å². The van der Waals surface area contributed by atoms with Crippen molar-refractivity contribution < 1.29 is 73.3 Å². The molecule has 0 spiro atoms. The molecule has 10 atom stereocenters. The van der Waals surface area contributed by atoms with Crippen LogP contribution in [0.2, 0.25) is 0 Å². The molecule has 46 heavy (non-hydrogen) atoms. The van der Waals surface area contributed by atoms with Gasteiger partial charge in [-0.3, -0.25) is 4.79 Å². The van der Waals surface area contributed by atoms with Gasteiger partial charge < -0.3 is 73.3 Å². The molecule has 0 amide bonds. The van der Waals surface area contributed by atoms with Gasteiger partial charge in [0.05, 0.1) is 45.5 Å². The Morgan fingerprint density at radius 1 is 0.696 bits per heavy atom. The highest BCUT2D eigenvalue weighted by molar-refractivity contribution is 5.85. The smallest absolute Gasteiger partial charge is 0.229 e. The van der Waals surface area contributed by atoms with Crippen LogP contribution < -0.4 is 24.4 Å². The van der Waals surface area contributed by atoms with Crippen molar-refractivity contribution in [2.24, 2.45) is 0 Å². The van der Waals surface area contributed by atoms with Crippen LogP contribution >= 0.6 is 0 Å². The van der Waals surface area contributed by atoms with E-state index >= 15 is 0 Å². The van der Waals surface area contributed by atoms with E-state index in [1.807, 2.05) is 0 Å². The molecule has 0 bridgehead atoms. The molecule has 1 aromatic heterocycles. The minimum absolute atomic E-state index is 0.0399. The van der Waals surface area contributed by atoms with Gasteiger partial charge in [0.15, 0.2) is 29.3 Å². The van der Waals surface area contributed by atoms with Crippen LogP contribution in [0.5, 0.6) is 23.0 Å². The Morgan fingerprint density at radius 3 is 1.98 bits per heavy atom. The minimum atomic E-state index is -1.83. The van der Waals surface area contributed by atoms with Crippen molar-refractivity contribution in [2.75, 3.05) is 34.5 Å². The minimum Gasteiger partial charge on any atom is -0.493 e. The first-order valence-electron chi connectivity index (χ1n) is 14.2. The number of methoxy groups -OCH3 is 3. The zero-order valence-electron chi connectivity index (χ0n) is 25.0. The standard InChI is InChI=1S/C30H36O16/c1-39-15-5-4-12(6-17(15)40-2)14-11-42-16-8-19(18(41-3)7-13(16)22(14)33)43-30-27(38)28(24(35)21(10-32)45-30)46-29-26(37)25(36)23(34)20(9-31)44-29/h4-8,11,20-21,23-32,34-38H,9-10H2,1-3H3/t20?,21?,23-,24-,25+,26?,27?,28+,29+,30-/m1/s1. The number of rotatable bonds is 10. The average molecular weight is 653 g/mol. The van der Waals surface area contributed by atoms with E-state index in [1.165, 1.54) is 39.7 Å². The first-order valence-corrected chi connectivity index (χ1v) is 14.2. The molecule has 2 fully saturated rings. The van der Waals surface area contributed by atoms with Gasteiger partial charge in [-0.25, -0.2) is 0 Å². The number of benzene rings is 2. The van der Waals surface area contributed by atoms with Crippen LogP contribution in [-0.2, 0) is 14.2 Å². The fraction of sp³-hybridized carbons (Fsp3) is 0.500. The summed E-state index contributed by atoms with van der Waals surface area (Å²) in [5.41, 5.74) is 0.417. The third kappa shape index (κ3) is 6.24. The summed E-state index contributed by atoms with van der Waals surface area (Å²) >= 11 is 0. The predicted molar refractivity (Wildman–Crippen MR) is 155 cm³/mol. The van der Waals surface area contributed by atoms with Gasteiger partial charge in [0.2, 0.25) is 11.7 Å². The molecule has 3 aromatic rings. The molecule has 0 aliphatic carbocycles. The SMILES string of the molecule is COc1ccc(-c2coc3cc(O[C@@H]4OC(CO)[C@@H](O)[C@H](O[C@@H]5OC(CO)[C@@H](O)[C@H](O)C5O)C4O)c(OC)cc3c2=O)cc1OC. The quantitative estimate of drug-likeness (QED) is 0.132. The Labute approximate surface area is 261 Å². The second kappa shape index (κ2) is 14.1. The summed E-state index contributed by atoms with van der Waals surface area (Å²) in [7, 11) is 4.28. The van der Waals surface area contributed by atoms with Crippen LogP contribution in [0, 0.1) is 0 Å². The zero-order chi connectivity index (χ0) is 33.3. The molecule has 0 saturated carbocycles. The molecule has 2 aliphatic rings. The van der Waals surface area contributed by atoms with E-state index in [-0.39, 0.29) is 28.0 Å². The van der Waals surface area contributed by atoms with Gasteiger partial charge in [0.1, 0.15) is 60.7 Å². The van der Waals surface area contributed by atoms with Gasteiger partial charge in [-0.15, -0.1) is 0 Å².